The maximum Gasteiger partial charge on any atom is 0.306 e. The minimum absolute atomic E-state index is 0.271. The lowest BCUT2D eigenvalue weighted by molar-refractivity contribution is 0.0978. The molecule has 0 saturated carbocycles. The van der Waals surface area contributed by atoms with E-state index >= 15 is 0 Å². The second-order valence-electron chi connectivity index (χ2n) is 2.91. The van der Waals surface area contributed by atoms with E-state index in [1.165, 1.54) is 11.8 Å². The highest BCUT2D eigenvalue weighted by Crippen LogP contribution is 2.05. The fourth-order valence-corrected chi connectivity index (χ4v) is 1.62. The molecule has 0 aliphatic heterocycles. The SMILES string of the molecule is CSC(=O)/N=C(\NC(=O)c1ccccc1)SC. The van der Waals surface area contributed by atoms with Gasteiger partial charge < -0.3 is 5.32 Å². The number of carbonyl (C=O) groups is 2. The first-order chi connectivity index (χ1) is 8.17. The monoisotopic (exact) mass is 268 g/mol. The van der Waals surface area contributed by atoms with Crippen LogP contribution in [0.5, 0.6) is 0 Å². The average molecular weight is 268 g/mol. The van der Waals surface area contributed by atoms with Crippen molar-refractivity contribution >= 4 is 39.8 Å². The summed E-state index contributed by atoms with van der Waals surface area (Å²) in [7, 11) is 0. The molecule has 0 aromatic heterocycles. The lowest BCUT2D eigenvalue weighted by atomic mass is 10.2. The van der Waals surface area contributed by atoms with Gasteiger partial charge in [0.25, 0.3) is 5.91 Å². The van der Waals surface area contributed by atoms with Gasteiger partial charge in [0.1, 0.15) is 0 Å². The number of amidine groups is 1. The van der Waals surface area contributed by atoms with Gasteiger partial charge in [-0.3, -0.25) is 9.59 Å². The molecule has 0 fully saturated rings. The lowest BCUT2D eigenvalue weighted by Gasteiger charge is -2.05. The lowest BCUT2D eigenvalue weighted by Crippen LogP contribution is -2.28. The van der Waals surface area contributed by atoms with E-state index in [1.54, 1.807) is 36.8 Å². The zero-order chi connectivity index (χ0) is 12.7. The molecule has 0 heterocycles. The van der Waals surface area contributed by atoms with Gasteiger partial charge in [-0.2, -0.15) is 4.99 Å². The van der Waals surface area contributed by atoms with E-state index in [2.05, 4.69) is 10.3 Å². The standard InChI is InChI=1S/C11H12N2O2S2/c1-16-10(13-11(15)17-2)12-9(14)8-6-4-3-5-7-8/h3-7H,1-2H3,(H,12,13,14,15). The zero-order valence-corrected chi connectivity index (χ0v) is 11.1. The molecule has 0 atom stereocenters. The van der Waals surface area contributed by atoms with E-state index in [4.69, 9.17) is 0 Å². The zero-order valence-electron chi connectivity index (χ0n) is 9.47. The highest BCUT2D eigenvalue weighted by atomic mass is 32.2. The Balaban J connectivity index is 2.73. The van der Waals surface area contributed by atoms with Gasteiger partial charge in [0.15, 0.2) is 5.17 Å². The van der Waals surface area contributed by atoms with Crippen molar-refractivity contribution in [3.63, 3.8) is 0 Å². The van der Waals surface area contributed by atoms with E-state index in [0.29, 0.717) is 10.7 Å². The summed E-state index contributed by atoms with van der Waals surface area (Å²) in [6.07, 6.45) is 3.39. The van der Waals surface area contributed by atoms with Crippen molar-refractivity contribution < 1.29 is 9.59 Å². The van der Waals surface area contributed by atoms with Crippen molar-refractivity contribution in [1.29, 1.82) is 0 Å². The molecule has 1 aromatic rings. The molecule has 1 N–H and O–H groups in total. The summed E-state index contributed by atoms with van der Waals surface area (Å²) in [5.74, 6) is -0.271. The maximum atomic E-state index is 11.8. The molecule has 90 valence electrons. The number of nitrogens with zero attached hydrogens (tertiary/aromatic N) is 1. The Morgan fingerprint density at radius 3 is 2.29 bits per heavy atom. The molecular weight excluding hydrogens is 256 g/mol. The Bertz CT molecular complexity index is 432. The van der Waals surface area contributed by atoms with Gasteiger partial charge in [0.05, 0.1) is 0 Å². The van der Waals surface area contributed by atoms with Crippen molar-refractivity contribution in [1.82, 2.24) is 5.32 Å². The molecule has 1 aromatic carbocycles. The number of carbonyl (C=O) groups excluding carboxylic acids is 2. The number of hydrogen-bond donors (Lipinski definition) is 1. The summed E-state index contributed by atoms with van der Waals surface area (Å²) in [5.41, 5.74) is 0.533. The fourth-order valence-electron chi connectivity index (χ4n) is 1.01. The van der Waals surface area contributed by atoms with Crippen LogP contribution in [0.1, 0.15) is 10.4 Å². The summed E-state index contributed by atoms with van der Waals surface area (Å²) in [6, 6.07) is 8.78. The summed E-state index contributed by atoms with van der Waals surface area (Å²) >= 11 is 2.22. The first-order valence-electron chi connectivity index (χ1n) is 4.74. The molecule has 1 rings (SSSR count). The number of amides is 2. The Hall–Kier alpha value is -1.27. The minimum Gasteiger partial charge on any atom is -0.301 e. The van der Waals surface area contributed by atoms with Crippen molar-refractivity contribution in [3.8, 4) is 0 Å². The van der Waals surface area contributed by atoms with Crippen LogP contribution in [0.3, 0.4) is 0 Å². The number of aliphatic imine (C=N–C) groups is 1. The largest absolute Gasteiger partial charge is 0.306 e. The Morgan fingerprint density at radius 2 is 1.76 bits per heavy atom. The molecule has 0 saturated heterocycles. The first-order valence-corrected chi connectivity index (χ1v) is 7.19. The predicted molar refractivity (Wildman–Crippen MR) is 73.8 cm³/mol. The number of rotatable bonds is 1. The predicted octanol–water partition coefficient (Wildman–Crippen LogP) is 2.62. The van der Waals surface area contributed by atoms with Crippen molar-refractivity contribution in [2.45, 2.75) is 0 Å². The third kappa shape index (κ3) is 4.62. The molecule has 0 bridgehead atoms. The van der Waals surface area contributed by atoms with Crippen LogP contribution >= 0.6 is 23.5 Å². The molecule has 0 spiro atoms. The second-order valence-corrected chi connectivity index (χ2v) is 4.46. The highest BCUT2D eigenvalue weighted by Gasteiger charge is 2.08. The molecule has 0 radical (unpaired) electrons. The smallest absolute Gasteiger partial charge is 0.301 e. The number of benzene rings is 1. The van der Waals surface area contributed by atoms with Crippen LogP contribution in [-0.4, -0.2) is 28.8 Å². The van der Waals surface area contributed by atoms with Gasteiger partial charge in [-0.05, 0) is 24.6 Å². The van der Waals surface area contributed by atoms with Crippen LogP contribution in [0.2, 0.25) is 0 Å². The van der Waals surface area contributed by atoms with Crippen LogP contribution in [0.15, 0.2) is 35.3 Å². The van der Waals surface area contributed by atoms with Gasteiger partial charge >= 0.3 is 5.24 Å². The number of thioether (sulfide) groups is 2. The topological polar surface area (TPSA) is 58.5 Å². The minimum atomic E-state index is -0.331. The van der Waals surface area contributed by atoms with E-state index < -0.39 is 0 Å². The van der Waals surface area contributed by atoms with Gasteiger partial charge in [-0.15, -0.1) is 0 Å². The van der Waals surface area contributed by atoms with Crippen molar-refractivity contribution in [2.75, 3.05) is 12.5 Å². The normalized spacial score (nSPS) is 11.1. The summed E-state index contributed by atoms with van der Waals surface area (Å²) in [5, 5.41) is 2.56. The van der Waals surface area contributed by atoms with E-state index in [1.807, 2.05) is 6.07 Å². The van der Waals surface area contributed by atoms with Gasteiger partial charge in [-0.1, -0.05) is 41.7 Å². The quantitative estimate of drug-likeness (QED) is 0.628. The van der Waals surface area contributed by atoms with Crippen LogP contribution in [-0.2, 0) is 0 Å². The summed E-state index contributed by atoms with van der Waals surface area (Å²) in [4.78, 5) is 26.6. The highest BCUT2D eigenvalue weighted by molar-refractivity contribution is 8.14. The number of hydrogen-bond acceptors (Lipinski definition) is 4. The molecule has 0 aliphatic rings. The first kappa shape index (κ1) is 13.8. The van der Waals surface area contributed by atoms with Crippen LogP contribution in [0.25, 0.3) is 0 Å². The van der Waals surface area contributed by atoms with Crippen molar-refractivity contribution in [3.05, 3.63) is 35.9 Å². The molecule has 2 amide bonds. The van der Waals surface area contributed by atoms with Gasteiger partial charge in [-0.25, -0.2) is 0 Å². The molecule has 6 heteroatoms. The maximum absolute atomic E-state index is 11.8. The van der Waals surface area contributed by atoms with Crippen LogP contribution < -0.4 is 5.32 Å². The Kier molecular flexibility index (Phi) is 5.79. The summed E-state index contributed by atoms with van der Waals surface area (Å²) in [6.45, 7) is 0. The Morgan fingerprint density at radius 1 is 1.12 bits per heavy atom. The van der Waals surface area contributed by atoms with E-state index in [0.717, 1.165) is 11.8 Å². The molecule has 0 aliphatic carbocycles. The third-order valence-electron chi connectivity index (χ3n) is 1.82. The molecule has 4 nitrogen and oxygen atoms in total. The second kappa shape index (κ2) is 7.13. The van der Waals surface area contributed by atoms with Crippen LogP contribution in [0.4, 0.5) is 4.79 Å². The van der Waals surface area contributed by atoms with E-state index in [-0.39, 0.29) is 11.1 Å². The van der Waals surface area contributed by atoms with E-state index in [9.17, 15) is 9.59 Å². The molecule has 0 unspecified atom stereocenters. The third-order valence-corrected chi connectivity index (χ3v) is 2.84. The average Bonchev–Trinajstić information content (AvgIpc) is 2.38. The fraction of sp³-hybridized carbons (Fsp3) is 0.182. The van der Waals surface area contributed by atoms with Gasteiger partial charge in [0.2, 0.25) is 0 Å². The summed E-state index contributed by atoms with van der Waals surface area (Å²) < 4.78 is 0. The Labute approximate surface area is 108 Å². The molecular formula is C11H12N2O2S2. The van der Waals surface area contributed by atoms with Crippen molar-refractivity contribution in [2.24, 2.45) is 4.99 Å². The van der Waals surface area contributed by atoms with Crippen LogP contribution in [0, 0.1) is 0 Å². The number of nitrogens with one attached hydrogen (secondary N) is 1. The van der Waals surface area contributed by atoms with Gasteiger partial charge in [0, 0.05) is 5.56 Å². The molecule has 17 heavy (non-hydrogen) atoms.